The third kappa shape index (κ3) is 4.59. The number of aromatic nitrogens is 2. The van der Waals surface area contributed by atoms with Gasteiger partial charge in [0.05, 0.1) is 11.7 Å². The van der Waals surface area contributed by atoms with Crippen LogP contribution >= 0.6 is 0 Å². The molecule has 0 aliphatic heterocycles. The van der Waals surface area contributed by atoms with Gasteiger partial charge in [0, 0.05) is 31.0 Å². The summed E-state index contributed by atoms with van der Waals surface area (Å²) in [5.41, 5.74) is 0.435. The van der Waals surface area contributed by atoms with Crippen LogP contribution in [0.1, 0.15) is 45.6 Å². The number of carbonyl (C=O) groups is 1. The van der Waals surface area contributed by atoms with Gasteiger partial charge in [-0.1, -0.05) is 6.58 Å². The average molecular weight is 306 g/mol. The minimum Gasteiger partial charge on any atom is -0.444 e. The fourth-order valence-corrected chi connectivity index (χ4v) is 2.48. The fourth-order valence-electron chi connectivity index (χ4n) is 2.48. The van der Waals surface area contributed by atoms with Gasteiger partial charge < -0.3 is 15.4 Å². The Labute approximate surface area is 131 Å². The first-order valence-electron chi connectivity index (χ1n) is 7.69. The van der Waals surface area contributed by atoms with Crippen LogP contribution in [0.15, 0.2) is 19.0 Å². The van der Waals surface area contributed by atoms with Gasteiger partial charge in [-0.3, -0.25) is 0 Å². The molecular formula is C16H26N4O2. The molecule has 0 radical (unpaired) electrons. The number of hydrogen-bond donors (Lipinski definition) is 2. The molecular weight excluding hydrogens is 280 g/mol. The Bertz CT molecular complexity index is 526. The van der Waals surface area contributed by atoms with Crippen molar-refractivity contribution in [2.75, 3.05) is 6.54 Å². The van der Waals surface area contributed by atoms with Gasteiger partial charge in [-0.15, -0.1) is 0 Å². The monoisotopic (exact) mass is 306 g/mol. The molecule has 1 aliphatic rings. The van der Waals surface area contributed by atoms with Crippen molar-refractivity contribution in [1.82, 2.24) is 20.4 Å². The first-order valence-corrected chi connectivity index (χ1v) is 7.69. The second-order valence-corrected chi connectivity index (χ2v) is 6.88. The zero-order valence-corrected chi connectivity index (χ0v) is 13.7. The molecule has 0 aromatic carbocycles. The van der Waals surface area contributed by atoms with Crippen LogP contribution in [0.5, 0.6) is 0 Å². The summed E-state index contributed by atoms with van der Waals surface area (Å²) in [6, 6.07) is 0. The van der Waals surface area contributed by atoms with Crippen LogP contribution in [0.2, 0.25) is 0 Å². The first-order chi connectivity index (χ1) is 10.3. The van der Waals surface area contributed by atoms with E-state index in [1.165, 1.54) is 0 Å². The van der Waals surface area contributed by atoms with Crippen LogP contribution in [0.25, 0.3) is 6.20 Å². The molecule has 22 heavy (non-hydrogen) atoms. The van der Waals surface area contributed by atoms with Crippen molar-refractivity contribution in [2.24, 2.45) is 0 Å². The summed E-state index contributed by atoms with van der Waals surface area (Å²) < 4.78 is 7.03. The standard InChI is InChI=1S/C16H26N4O2/c1-5-20-11-13(10-18-20)9-17-12-16(7-6-8-16)19-14(21)22-15(2,3)4/h5,10-11,17H,1,6-9,12H2,2-4H3,(H,19,21). The molecule has 0 unspecified atom stereocenters. The molecule has 2 N–H and O–H groups in total. The maximum atomic E-state index is 12.0. The Kier molecular flexibility index (Phi) is 4.90. The maximum absolute atomic E-state index is 12.0. The van der Waals surface area contributed by atoms with Crippen LogP contribution in [-0.4, -0.2) is 33.6 Å². The van der Waals surface area contributed by atoms with Crippen molar-refractivity contribution in [1.29, 1.82) is 0 Å². The lowest BCUT2D eigenvalue weighted by molar-refractivity contribution is 0.0382. The highest BCUT2D eigenvalue weighted by Gasteiger charge is 2.39. The topological polar surface area (TPSA) is 68.2 Å². The van der Waals surface area contributed by atoms with Gasteiger partial charge in [-0.05, 0) is 40.0 Å². The van der Waals surface area contributed by atoms with E-state index in [0.29, 0.717) is 6.54 Å². The lowest BCUT2D eigenvalue weighted by atomic mass is 9.76. The number of carbonyl (C=O) groups excluding carboxylic acids is 1. The van der Waals surface area contributed by atoms with E-state index in [1.807, 2.05) is 33.2 Å². The van der Waals surface area contributed by atoms with E-state index >= 15 is 0 Å². The lowest BCUT2D eigenvalue weighted by Gasteiger charge is -2.42. The van der Waals surface area contributed by atoms with Crippen LogP contribution in [-0.2, 0) is 11.3 Å². The van der Waals surface area contributed by atoms with Gasteiger partial charge >= 0.3 is 6.09 Å². The zero-order valence-electron chi connectivity index (χ0n) is 13.7. The average Bonchev–Trinajstić information content (AvgIpc) is 2.81. The number of nitrogens with zero attached hydrogens (tertiary/aromatic N) is 2. The summed E-state index contributed by atoms with van der Waals surface area (Å²) in [7, 11) is 0. The van der Waals surface area contributed by atoms with Crippen molar-refractivity contribution in [3.8, 4) is 0 Å². The molecule has 2 rings (SSSR count). The molecule has 1 saturated carbocycles. The van der Waals surface area contributed by atoms with E-state index in [4.69, 9.17) is 4.74 Å². The van der Waals surface area contributed by atoms with E-state index in [0.717, 1.165) is 31.4 Å². The van der Waals surface area contributed by atoms with Gasteiger partial charge in [-0.2, -0.15) is 5.10 Å². The van der Waals surface area contributed by atoms with Gasteiger partial charge in [-0.25, -0.2) is 9.48 Å². The quantitative estimate of drug-likeness (QED) is 0.847. The summed E-state index contributed by atoms with van der Waals surface area (Å²) in [6.07, 6.45) is 8.13. The van der Waals surface area contributed by atoms with Crippen molar-refractivity contribution < 1.29 is 9.53 Å². The largest absolute Gasteiger partial charge is 0.444 e. The second-order valence-electron chi connectivity index (χ2n) is 6.88. The molecule has 0 atom stereocenters. The highest BCUT2D eigenvalue weighted by molar-refractivity contribution is 5.69. The fraction of sp³-hybridized carbons (Fsp3) is 0.625. The number of rotatable bonds is 6. The van der Waals surface area contributed by atoms with E-state index in [-0.39, 0.29) is 11.6 Å². The summed E-state index contributed by atoms with van der Waals surface area (Å²) >= 11 is 0. The molecule has 0 bridgehead atoms. The zero-order chi connectivity index (χ0) is 16.2. The molecule has 122 valence electrons. The third-order valence-corrected chi connectivity index (χ3v) is 3.71. The van der Waals surface area contributed by atoms with E-state index in [1.54, 1.807) is 10.9 Å². The Morgan fingerprint density at radius 2 is 2.27 bits per heavy atom. The smallest absolute Gasteiger partial charge is 0.408 e. The lowest BCUT2D eigenvalue weighted by Crippen LogP contribution is -2.59. The normalized spacial score (nSPS) is 16.7. The highest BCUT2D eigenvalue weighted by atomic mass is 16.6. The van der Waals surface area contributed by atoms with Gasteiger partial charge in [0.25, 0.3) is 0 Å². The Hall–Kier alpha value is -1.82. The van der Waals surface area contributed by atoms with E-state index < -0.39 is 5.60 Å². The van der Waals surface area contributed by atoms with Crippen molar-refractivity contribution in [3.05, 3.63) is 24.5 Å². The second kappa shape index (κ2) is 6.52. The number of alkyl carbamates (subject to hydrolysis) is 1. The summed E-state index contributed by atoms with van der Waals surface area (Å²) in [5, 5.41) is 10.6. The molecule has 1 aliphatic carbocycles. The van der Waals surface area contributed by atoms with Gasteiger partial charge in [0.1, 0.15) is 5.60 Å². The number of amides is 1. The van der Waals surface area contributed by atoms with Gasteiger partial charge in [0.2, 0.25) is 0 Å². The number of ether oxygens (including phenoxy) is 1. The third-order valence-electron chi connectivity index (χ3n) is 3.71. The molecule has 6 heteroatoms. The summed E-state index contributed by atoms with van der Waals surface area (Å²) in [6.45, 7) is 10.7. The van der Waals surface area contributed by atoms with Gasteiger partial charge in [0.15, 0.2) is 0 Å². The van der Waals surface area contributed by atoms with E-state index in [9.17, 15) is 4.79 Å². The molecule has 1 amide bonds. The van der Waals surface area contributed by atoms with Crippen molar-refractivity contribution in [2.45, 2.75) is 57.7 Å². The predicted octanol–water partition coefficient (Wildman–Crippen LogP) is 2.52. The van der Waals surface area contributed by atoms with Crippen LogP contribution in [0.3, 0.4) is 0 Å². The Balaban J connectivity index is 1.80. The Morgan fingerprint density at radius 1 is 1.55 bits per heavy atom. The summed E-state index contributed by atoms with van der Waals surface area (Å²) in [4.78, 5) is 12.0. The minimum atomic E-state index is -0.471. The van der Waals surface area contributed by atoms with E-state index in [2.05, 4.69) is 22.3 Å². The van der Waals surface area contributed by atoms with Crippen molar-refractivity contribution >= 4 is 12.3 Å². The van der Waals surface area contributed by atoms with Crippen LogP contribution in [0, 0.1) is 0 Å². The number of hydrogen-bond acceptors (Lipinski definition) is 4. The molecule has 1 fully saturated rings. The molecule has 1 heterocycles. The Morgan fingerprint density at radius 3 is 2.77 bits per heavy atom. The molecule has 0 spiro atoms. The molecule has 6 nitrogen and oxygen atoms in total. The molecule has 0 saturated heterocycles. The van der Waals surface area contributed by atoms with Crippen molar-refractivity contribution in [3.63, 3.8) is 0 Å². The maximum Gasteiger partial charge on any atom is 0.408 e. The molecule has 1 aromatic heterocycles. The highest BCUT2D eigenvalue weighted by Crippen LogP contribution is 2.31. The molecule has 1 aromatic rings. The summed E-state index contributed by atoms with van der Waals surface area (Å²) in [5.74, 6) is 0. The minimum absolute atomic E-state index is 0.184. The number of nitrogens with one attached hydrogen (secondary N) is 2. The first kappa shape index (κ1) is 16.5. The van der Waals surface area contributed by atoms with Crippen LogP contribution < -0.4 is 10.6 Å². The predicted molar refractivity (Wildman–Crippen MR) is 86.3 cm³/mol. The SMILES string of the molecule is C=Cn1cc(CNCC2(NC(=O)OC(C)(C)C)CCC2)cn1. The van der Waals surface area contributed by atoms with Crippen LogP contribution in [0.4, 0.5) is 4.79 Å².